The van der Waals surface area contributed by atoms with Crippen molar-refractivity contribution in [3.63, 3.8) is 0 Å². The van der Waals surface area contributed by atoms with E-state index < -0.39 is 0 Å². The highest BCUT2D eigenvalue weighted by Crippen LogP contribution is 2.21. The number of nitrogens with zero attached hydrogens (tertiary/aromatic N) is 3. The Morgan fingerprint density at radius 2 is 1.81 bits per heavy atom. The van der Waals surface area contributed by atoms with Crippen molar-refractivity contribution >= 4 is 57.7 Å². The zero-order valence-corrected chi connectivity index (χ0v) is 20.9. The predicted molar refractivity (Wildman–Crippen MR) is 146 cm³/mol. The maximum atomic E-state index is 12.5. The van der Waals surface area contributed by atoms with Gasteiger partial charge in [-0.15, -0.1) is 16.8 Å². The topological polar surface area (TPSA) is 88.9 Å². The van der Waals surface area contributed by atoms with Crippen LogP contribution < -0.4 is 10.6 Å². The number of benzene rings is 3. The van der Waals surface area contributed by atoms with Gasteiger partial charge in [0.15, 0.2) is 11.0 Å². The van der Waals surface area contributed by atoms with Crippen molar-refractivity contribution in [3.05, 3.63) is 102 Å². The first-order valence-electron chi connectivity index (χ1n) is 11.2. The van der Waals surface area contributed by atoms with Crippen LogP contribution in [0.4, 0.5) is 5.69 Å². The number of hydrogen-bond donors (Lipinski definition) is 2. The van der Waals surface area contributed by atoms with E-state index >= 15 is 0 Å². The van der Waals surface area contributed by atoms with Gasteiger partial charge < -0.3 is 15.2 Å². The SMILES string of the molecule is C=CCn1c(CNC(=O)C=Cc2ccccc2Cl)nnc1SCC(=O)Nc1ccc2ccccc2c1. The zero-order chi connectivity index (χ0) is 25.3. The largest absolute Gasteiger partial charge is 0.345 e. The molecule has 36 heavy (non-hydrogen) atoms. The third-order valence-corrected chi connectivity index (χ3v) is 6.52. The molecule has 0 unspecified atom stereocenters. The zero-order valence-electron chi connectivity index (χ0n) is 19.4. The average molecular weight is 518 g/mol. The van der Waals surface area contributed by atoms with Gasteiger partial charge in [-0.05, 0) is 40.6 Å². The van der Waals surface area contributed by atoms with Gasteiger partial charge >= 0.3 is 0 Å². The molecule has 0 aliphatic carbocycles. The van der Waals surface area contributed by atoms with E-state index in [1.807, 2.05) is 65.2 Å². The van der Waals surface area contributed by atoms with Crippen LogP contribution in [0.15, 0.2) is 90.6 Å². The fourth-order valence-electron chi connectivity index (χ4n) is 3.46. The molecule has 0 saturated heterocycles. The number of anilines is 1. The van der Waals surface area contributed by atoms with E-state index in [1.165, 1.54) is 17.8 Å². The number of rotatable bonds is 10. The predicted octanol–water partition coefficient (Wildman–Crippen LogP) is 5.33. The van der Waals surface area contributed by atoms with Gasteiger partial charge in [0, 0.05) is 23.3 Å². The number of carbonyl (C=O) groups is 2. The van der Waals surface area contributed by atoms with E-state index in [1.54, 1.807) is 18.2 Å². The van der Waals surface area contributed by atoms with E-state index in [9.17, 15) is 9.59 Å². The summed E-state index contributed by atoms with van der Waals surface area (Å²) in [5, 5.41) is 17.4. The van der Waals surface area contributed by atoms with Crippen molar-refractivity contribution in [1.29, 1.82) is 0 Å². The average Bonchev–Trinajstić information content (AvgIpc) is 3.27. The molecule has 0 spiro atoms. The molecule has 4 rings (SSSR count). The lowest BCUT2D eigenvalue weighted by Crippen LogP contribution is -2.23. The molecule has 2 N–H and O–H groups in total. The Bertz CT molecular complexity index is 1430. The smallest absolute Gasteiger partial charge is 0.244 e. The number of carbonyl (C=O) groups excluding carboxylic acids is 2. The first-order valence-corrected chi connectivity index (χ1v) is 12.5. The third-order valence-electron chi connectivity index (χ3n) is 5.21. The van der Waals surface area contributed by atoms with Crippen LogP contribution in [0.2, 0.25) is 5.02 Å². The van der Waals surface area contributed by atoms with E-state index in [2.05, 4.69) is 27.4 Å². The molecule has 2 amide bonds. The molecular weight excluding hydrogens is 494 g/mol. The van der Waals surface area contributed by atoms with Crippen LogP contribution in [-0.2, 0) is 22.7 Å². The fraction of sp³-hybridized carbons (Fsp3) is 0.111. The molecule has 7 nitrogen and oxygen atoms in total. The highest BCUT2D eigenvalue weighted by Gasteiger charge is 2.14. The van der Waals surface area contributed by atoms with Crippen molar-refractivity contribution in [2.45, 2.75) is 18.2 Å². The van der Waals surface area contributed by atoms with Crippen LogP contribution in [0, 0.1) is 0 Å². The van der Waals surface area contributed by atoms with Gasteiger partial charge in [0.2, 0.25) is 11.8 Å². The monoisotopic (exact) mass is 517 g/mol. The summed E-state index contributed by atoms with van der Waals surface area (Å²) < 4.78 is 1.82. The van der Waals surface area contributed by atoms with Gasteiger partial charge in [-0.25, -0.2) is 0 Å². The molecule has 1 heterocycles. The van der Waals surface area contributed by atoms with Crippen LogP contribution in [0.5, 0.6) is 0 Å². The molecule has 9 heteroatoms. The van der Waals surface area contributed by atoms with Gasteiger partial charge in [0.05, 0.1) is 12.3 Å². The standard InChI is InChI=1S/C27H24ClN5O2S/c1-2-15-33-24(17-29-25(34)14-12-20-8-5-6-10-23(20)28)31-32-27(33)36-18-26(35)30-22-13-11-19-7-3-4-9-21(19)16-22/h2-14,16H,1,15,17-18H2,(H,29,34)(H,30,35). The first-order chi connectivity index (χ1) is 17.5. The van der Waals surface area contributed by atoms with Crippen molar-refractivity contribution in [2.24, 2.45) is 0 Å². The molecule has 0 fully saturated rings. The van der Waals surface area contributed by atoms with Crippen molar-refractivity contribution in [3.8, 4) is 0 Å². The Hall–Kier alpha value is -3.88. The second-order valence-electron chi connectivity index (χ2n) is 7.77. The Labute approximate surface area is 218 Å². The molecule has 0 saturated carbocycles. The summed E-state index contributed by atoms with van der Waals surface area (Å²) in [7, 11) is 0. The Kier molecular flexibility index (Phi) is 8.54. The minimum atomic E-state index is -0.285. The maximum absolute atomic E-state index is 12.5. The number of amides is 2. The lowest BCUT2D eigenvalue weighted by molar-refractivity contribution is -0.116. The van der Waals surface area contributed by atoms with Crippen LogP contribution in [0.25, 0.3) is 16.8 Å². The van der Waals surface area contributed by atoms with Crippen molar-refractivity contribution < 1.29 is 9.59 Å². The van der Waals surface area contributed by atoms with Gasteiger partial charge in [0.1, 0.15) is 0 Å². The van der Waals surface area contributed by atoms with Gasteiger partial charge in [0.25, 0.3) is 0 Å². The number of nitrogens with one attached hydrogen (secondary N) is 2. The highest BCUT2D eigenvalue weighted by atomic mass is 35.5. The molecule has 1 aromatic heterocycles. The molecule has 182 valence electrons. The fourth-order valence-corrected chi connectivity index (χ4v) is 4.43. The molecule has 4 aromatic rings. The molecule has 0 bridgehead atoms. The molecule has 0 atom stereocenters. The molecular formula is C27H24ClN5O2S. The molecule has 0 aliphatic heterocycles. The lowest BCUT2D eigenvalue weighted by Gasteiger charge is -2.09. The summed E-state index contributed by atoms with van der Waals surface area (Å²) in [5.41, 5.74) is 1.49. The second-order valence-corrected chi connectivity index (χ2v) is 9.12. The molecule has 0 aliphatic rings. The van der Waals surface area contributed by atoms with E-state index in [4.69, 9.17) is 11.6 Å². The summed E-state index contributed by atoms with van der Waals surface area (Å²) in [5.74, 6) is 0.288. The number of halogens is 1. The number of aromatic nitrogens is 3. The van der Waals surface area contributed by atoms with Crippen LogP contribution in [0.1, 0.15) is 11.4 Å². The first kappa shape index (κ1) is 25.2. The highest BCUT2D eigenvalue weighted by molar-refractivity contribution is 7.99. The summed E-state index contributed by atoms with van der Waals surface area (Å²) >= 11 is 7.38. The number of hydrogen-bond acceptors (Lipinski definition) is 5. The van der Waals surface area contributed by atoms with E-state index in [0.29, 0.717) is 22.5 Å². The van der Waals surface area contributed by atoms with Crippen LogP contribution >= 0.6 is 23.4 Å². The Morgan fingerprint density at radius 1 is 1.03 bits per heavy atom. The summed E-state index contributed by atoms with van der Waals surface area (Å²) in [6, 6.07) is 21.0. The number of fused-ring (bicyclic) bond motifs is 1. The Morgan fingerprint density at radius 3 is 2.61 bits per heavy atom. The van der Waals surface area contributed by atoms with Gasteiger partial charge in [-0.3, -0.25) is 9.59 Å². The Balaban J connectivity index is 1.33. The molecule has 0 radical (unpaired) electrons. The van der Waals surface area contributed by atoms with E-state index in [-0.39, 0.29) is 24.1 Å². The normalized spacial score (nSPS) is 11.0. The number of allylic oxidation sites excluding steroid dienone is 1. The minimum Gasteiger partial charge on any atom is -0.345 e. The van der Waals surface area contributed by atoms with Gasteiger partial charge in [-0.2, -0.15) is 0 Å². The summed E-state index contributed by atoms with van der Waals surface area (Å²) in [4.78, 5) is 24.8. The third kappa shape index (κ3) is 6.62. The van der Waals surface area contributed by atoms with Crippen LogP contribution in [0.3, 0.4) is 0 Å². The quantitative estimate of drug-likeness (QED) is 0.168. The van der Waals surface area contributed by atoms with E-state index in [0.717, 1.165) is 22.0 Å². The maximum Gasteiger partial charge on any atom is 0.244 e. The van der Waals surface area contributed by atoms with Crippen molar-refractivity contribution in [2.75, 3.05) is 11.1 Å². The molecule has 3 aromatic carbocycles. The second kappa shape index (κ2) is 12.2. The summed E-state index contributed by atoms with van der Waals surface area (Å²) in [6.07, 6.45) is 4.79. The van der Waals surface area contributed by atoms with Crippen molar-refractivity contribution in [1.82, 2.24) is 20.1 Å². The van der Waals surface area contributed by atoms with Gasteiger partial charge in [-0.1, -0.05) is 78.0 Å². The summed E-state index contributed by atoms with van der Waals surface area (Å²) in [6.45, 7) is 4.41. The lowest BCUT2D eigenvalue weighted by atomic mass is 10.1. The minimum absolute atomic E-state index is 0.150. The van der Waals surface area contributed by atoms with Crippen LogP contribution in [-0.4, -0.2) is 32.3 Å². The number of thioether (sulfide) groups is 1.